The maximum absolute atomic E-state index is 6.03. The summed E-state index contributed by atoms with van der Waals surface area (Å²) in [5.74, 6) is 0. The van der Waals surface area contributed by atoms with Crippen LogP contribution in [-0.4, -0.2) is 48.2 Å². The topological polar surface area (TPSA) is 36.9 Å². The molecule has 0 fully saturated rings. The third kappa shape index (κ3) is 11.8. The van der Waals surface area contributed by atoms with Crippen LogP contribution >= 0.6 is 0 Å². The van der Waals surface area contributed by atoms with E-state index in [1.54, 1.807) is 0 Å². The van der Waals surface area contributed by atoms with E-state index in [4.69, 9.17) is 18.3 Å². The Balaban J connectivity index is 3.98. The molecule has 0 atom stereocenters. The maximum Gasteiger partial charge on any atom is 0.335 e. The summed E-state index contributed by atoms with van der Waals surface area (Å²) >= 11 is 0. The van der Waals surface area contributed by atoms with Gasteiger partial charge < -0.3 is 18.3 Å². The quantitative estimate of drug-likeness (QED) is 0.341. The van der Waals surface area contributed by atoms with E-state index < -0.39 is 8.56 Å². The fourth-order valence-electron chi connectivity index (χ4n) is 1.98. The van der Waals surface area contributed by atoms with Crippen molar-refractivity contribution in [2.45, 2.75) is 59.0 Å². The van der Waals surface area contributed by atoms with Crippen molar-refractivity contribution < 1.29 is 18.3 Å². The van der Waals surface area contributed by atoms with Crippen molar-refractivity contribution in [2.24, 2.45) is 0 Å². The Bertz CT molecular complexity index is 171. The first-order valence-electron chi connectivity index (χ1n) is 8.12. The van der Waals surface area contributed by atoms with Crippen molar-refractivity contribution in [2.75, 3.05) is 39.6 Å². The first-order chi connectivity index (χ1) is 9.68. The second kappa shape index (κ2) is 14.0. The Hall–Kier alpha value is 0.0569. The van der Waals surface area contributed by atoms with E-state index in [1.807, 2.05) is 13.8 Å². The molecular weight excluding hydrogens is 272 g/mol. The van der Waals surface area contributed by atoms with Gasteiger partial charge in [-0.25, -0.2) is 0 Å². The molecule has 0 aromatic heterocycles. The second-order valence-electron chi connectivity index (χ2n) is 5.04. The van der Waals surface area contributed by atoms with Crippen LogP contribution in [0.5, 0.6) is 0 Å². The summed E-state index contributed by atoms with van der Waals surface area (Å²) in [4.78, 5) is 0. The van der Waals surface area contributed by atoms with E-state index in [0.29, 0.717) is 26.4 Å². The van der Waals surface area contributed by atoms with Gasteiger partial charge in [0.2, 0.25) is 0 Å². The number of ether oxygens (including phenoxy) is 2. The van der Waals surface area contributed by atoms with Gasteiger partial charge in [0.25, 0.3) is 0 Å². The van der Waals surface area contributed by atoms with Gasteiger partial charge in [0, 0.05) is 13.2 Å². The molecule has 0 N–H and O–H groups in total. The van der Waals surface area contributed by atoms with Crippen molar-refractivity contribution in [3.05, 3.63) is 0 Å². The zero-order chi connectivity index (χ0) is 15.1. The molecule has 0 aliphatic carbocycles. The van der Waals surface area contributed by atoms with Crippen LogP contribution in [0.25, 0.3) is 0 Å². The van der Waals surface area contributed by atoms with Gasteiger partial charge in [0.15, 0.2) is 0 Å². The minimum atomic E-state index is -2.06. The van der Waals surface area contributed by atoms with Crippen LogP contribution in [-0.2, 0) is 18.3 Å². The van der Waals surface area contributed by atoms with E-state index in [0.717, 1.165) is 19.3 Å². The smallest absolute Gasteiger partial charge is 0.335 e. The molecule has 4 nitrogen and oxygen atoms in total. The van der Waals surface area contributed by atoms with E-state index in [-0.39, 0.29) is 0 Å². The molecule has 0 saturated heterocycles. The van der Waals surface area contributed by atoms with Gasteiger partial charge in [0.05, 0.1) is 26.4 Å². The highest BCUT2D eigenvalue weighted by Gasteiger charge is 2.30. The van der Waals surface area contributed by atoms with Gasteiger partial charge in [-0.05, 0) is 26.4 Å². The molecule has 0 rings (SSSR count). The van der Waals surface area contributed by atoms with Crippen molar-refractivity contribution in [3.63, 3.8) is 0 Å². The predicted molar refractivity (Wildman–Crippen MR) is 85.5 cm³/mol. The summed E-state index contributed by atoms with van der Waals surface area (Å²) in [6.07, 6.45) is 5.01. The molecule has 0 aliphatic rings. The van der Waals surface area contributed by atoms with E-state index in [1.165, 1.54) is 25.7 Å². The number of unbranched alkanes of at least 4 members (excludes halogenated alkanes) is 3. The molecule has 0 heterocycles. The lowest BCUT2D eigenvalue weighted by atomic mass is 10.2. The molecule has 5 heteroatoms. The van der Waals surface area contributed by atoms with Gasteiger partial charge in [-0.15, -0.1) is 0 Å². The highest BCUT2D eigenvalue weighted by atomic mass is 28.4. The van der Waals surface area contributed by atoms with Crippen molar-refractivity contribution >= 4 is 8.56 Å². The van der Waals surface area contributed by atoms with Crippen molar-refractivity contribution in [1.82, 2.24) is 0 Å². The molecule has 0 radical (unpaired) electrons. The van der Waals surface area contributed by atoms with Crippen LogP contribution < -0.4 is 0 Å². The second-order valence-corrected chi connectivity index (χ2v) is 8.38. The van der Waals surface area contributed by atoms with Gasteiger partial charge in [-0.2, -0.15) is 0 Å². The normalized spacial score (nSPS) is 12.0. The third-order valence-corrected chi connectivity index (χ3v) is 6.05. The molecule has 0 bridgehead atoms. The largest absolute Gasteiger partial charge is 0.392 e. The fraction of sp³-hybridized carbons (Fsp3) is 1.00. The zero-order valence-corrected chi connectivity index (χ0v) is 14.9. The molecular formula is C15H34O4Si. The predicted octanol–water partition coefficient (Wildman–Crippen LogP) is 3.74. The average Bonchev–Trinajstić information content (AvgIpc) is 2.45. The minimum Gasteiger partial charge on any atom is -0.392 e. The van der Waals surface area contributed by atoms with Crippen LogP contribution in [0.1, 0.15) is 46.5 Å². The lowest BCUT2D eigenvalue weighted by Gasteiger charge is -2.27. The summed E-state index contributed by atoms with van der Waals surface area (Å²) in [7, 11) is -2.06. The molecule has 0 spiro atoms. The summed E-state index contributed by atoms with van der Waals surface area (Å²) < 4.78 is 22.7. The molecule has 0 aromatic rings. The highest BCUT2D eigenvalue weighted by Crippen LogP contribution is 2.18. The number of hydrogen-bond acceptors (Lipinski definition) is 4. The molecule has 0 amide bonds. The fourth-order valence-corrected chi connectivity index (χ4v) is 4.28. The minimum absolute atomic E-state index is 0.638. The molecule has 0 aromatic carbocycles. The Morgan fingerprint density at radius 3 is 1.70 bits per heavy atom. The maximum atomic E-state index is 6.03. The van der Waals surface area contributed by atoms with E-state index in [2.05, 4.69) is 13.5 Å². The van der Waals surface area contributed by atoms with Crippen LogP contribution in [0.15, 0.2) is 0 Å². The van der Waals surface area contributed by atoms with Gasteiger partial charge >= 0.3 is 8.56 Å². The van der Waals surface area contributed by atoms with E-state index in [9.17, 15) is 0 Å². The Kier molecular flexibility index (Phi) is 14.1. The lowest BCUT2D eigenvalue weighted by Crippen LogP contribution is -2.40. The monoisotopic (exact) mass is 306 g/mol. The zero-order valence-electron chi connectivity index (χ0n) is 13.9. The van der Waals surface area contributed by atoms with Crippen molar-refractivity contribution in [1.29, 1.82) is 0 Å². The van der Waals surface area contributed by atoms with Crippen LogP contribution in [0.2, 0.25) is 12.6 Å². The SMILES string of the molecule is CCCCCC[Si](C)(OCCOCC)OCCOCC. The third-order valence-electron chi connectivity index (χ3n) is 3.16. The van der Waals surface area contributed by atoms with Gasteiger partial charge in [0.1, 0.15) is 0 Å². The molecule has 0 aliphatic heterocycles. The highest BCUT2D eigenvalue weighted by molar-refractivity contribution is 6.66. The van der Waals surface area contributed by atoms with Crippen LogP contribution in [0.3, 0.4) is 0 Å². The summed E-state index contributed by atoms with van der Waals surface area (Å²) in [5, 5.41) is 0. The molecule has 0 unspecified atom stereocenters. The number of hydrogen-bond donors (Lipinski definition) is 0. The van der Waals surface area contributed by atoms with E-state index >= 15 is 0 Å². The molecule has 20 heavy (non-hydrogen) atoms. The van der Waals surface area contributed by atoms with Gasteiger partial charge in [-0.1, -0.05) is 32.6 Å². The molecule has 122 valence electrons. The number of rotatable bonds is 15. The van der Waals surface area contributed by atoms with Crippen molar-refractivity contribution in [3.8, 4) is 0 Å². The first-order valence-corrected chi connectivity index (χ1v) is 10.6. The Morgan fingerprint density at radius 1 is 0.700 bits per heavy atom. The Labute approximate surface area is 126 Å². The summed E-state index contributed by atoms with van der Waals surface area (Å²) in [6, 6.07) is 1.06. The van der Waals surface area contributed by atoms with Gasteiger partial charge in [-0.3, -0.25) is 0 Å². The Morgan fingerprint density at radius 2 is 1.25 bits per heavy atom. The standard InChI is InChI=1S/C15H34O4Si/c1-5-8-9-10-15-20(4,18-13-11-16-6-2)19-14-12-17-7-3/h5-15H2,1-4H3. The van der Waals surface area contributed by atoms with Crippen LogP contribution in [0, 0.1) is 0 Å². The summed E-state index contributed by atoms with van der Waals surface area (Å²) in [5.41, 5.74) is 0. The first kappa shape index (κ1) is 20.1. The molecule has 0 saturated carbocycles. The summed E-state index contributed by atoms with van der Waals surface area (Å²) in [6.45, 7) is 12.5. The van der Waals surface area contributed by atoms with Crippen LogP contribution in [0.4, 0.5) is 0 Å². The lowest BCUT2D eigenvalue weighted by molar-refractivity contribution is 0.0661. The average molecular weight is 307 g/mol.